The van der Waals surface area contributed by atoms with Crippen molar-refractivity contribution in [3.63, 3.8) is 0 Å². The summed E-state index contributed by atoms with van der Waals surface area (Å²) in [6, 6.07) is 1.38. The van der Waals surface area contributed by atoms with Crippen molar-refractivity contribution in [3.05, 3.63) is 38.6 Å². The molecule has 30 heavy (non-hydrogen) atoms. The summed E-state index contributed by atoms with van der Waals surface area (Å²) in [4.78, 5) is 17.4. The van der Waals surface area contributed by atoms with Crippen LogP contribution in [0.1, 0.15) is 30.0 Å². The molecule has 0 amide bonds. The highest BCUT2D eigenvalue weighted by molar-refractivity contribution is 6.32. The lowest BCUT2D eigenvalue weighted by atomic mass is 9.96. The lowest BCUT2D eigenvalue weighted by Gasteiger charge is -2.29. The number of fused-ring (bicyclic) bond motifs is 1. The van der Waals surface area contributed by atoms with Crippen molar-refractivity contribution in [1.29, 1.82) is 0 Å². The van der Waals surface area contributed by atoms with Gasteiger partial charge in [-0.3, -0.25) is 4.84 Å². The van der Waals surface area contributed by atoms with E-state index in [4.69, 9.17) is 25.9 Å². The predicted molar refractivity (Wildman–Crippen MR) is 98.3 cm³/mol. The van der Waals surface area contributed by atoms with E-state index in [9.17, 15) is 23.2 Å². The molecule has 1 aromatic carbocycles. The molecule has 0 saturated carbocycles. The van der Waals surface area contributed by atoms with Crippen LogP contribution in [-0.2, 0) is 14.4 Å². The van der Waals surface area contributed by atoms with E-state index in [2.05, 4.69) is 5.28 Å². The molecule has 12 heteroatoms. The third-order valence-corrected chi connectivity index (χ3v) is 5.25. The predicted octanol–water partition coefficient (Wildman–Crippen LogP) is 4.07. The summed E-state index contributed by atoms with van der Waals surface area (Å²) in [5.74, 6) is -1.35. The van der Waals surface area contributed by atoms with E-state index in [-0.39, 0.29) is 16.3 Å². The third kappa shape index (κ3) is 4.40. The molecule has 0 aromatic heterocycles. The minimum absolute atomic E-state index is 0.0379. The third-order valence-electron chi connectivity index (χ3n) is 4.67. The average molecular weight is 450 g/mol. The van der Waals surface area contributed by atoms with Crippen LogP contribution < -0.4 is 4.74 Å². The smallest absolute Gasteiger partial charge is 0.430 e. The number of benzene rings is 1. The number of alkyl halides is 3. The Hall–Kier alpha value is -2.69. The van der Waals surface area contributed by atoms with Crippen LogP contribution in [0.15, 0.2) is 16.9 Å². The van der Waals surface area contributed by atoms with E-state index >= 15 is 0 Å². The topological polar surface area (TPSA) is 86.4 Å². The summed E-state index contributed by atoms with van der Waals surface area (Å²) in [7, 11) is 0. The van der Waals surface area contributed by atoms with Crippen molar-refractivity contribution < 1.29 is 37.2 Å². The van der Waals surface area contributed by atoms with Gasteiger partial charge in [0.15, 0.2) is 0 Å². The molecule has 2 aliphatic rings. The largest absolute Gasteiger partial charge is 0.569 e. The zero-order valence-corrected chi connectivity index (χ0v) is 17.1. The van der Waals surface area contributed by atoms with Gasteiger partial charge in [0.25, 0.3) is 6.29 Å². The maximum Gasteiger partial charge on any atom is 0.430 e. The molecule has 1 saturated heterocycles. The first kappa shape index (κ1) is 22.0. The summed E-state index contributed by atoms with van der Waals surface area (Å²) in [5, 5.41) is 16.4. The average Bonchev–Trinajstić information content (AvgIpc) is 2.61. The zero-order chi connectivity index (χ0) is 22.2. The Balaban J connectivity index is 1.83. The van der Waals surface area contributed by atoms with Gasteiger partial charge in [-0.1, -0.05) is 11.6 Å². The number of esters is 1. The molecule has 164 valence electrons. The maximum absolute atomic E-state index is 13.5. The van der Waals surface area contributed by atoms with Gasteiger partial charge in [-0.25, -0.2) is 4.79 Å². The normalized spacial score (nSPS) is 19.8. The minimum atomic E-state index is -4.87. The van der Waals surface area contributed by atoms with Crippen LogP contribution in [-0.4, -0.2) is 47.6 Å². The highest BCUT2D eigenvalue weighted by atomic mass is 35.5. The molecule has 0 N–H and O–H groups in total. The van der Waals surface area contributed by atoms with Gasteiger partial charge in [0.05, 0.1) is 23.6 Å². The van der Waals surface area contributed by atoms with Crippen molar-refractivity contribution >= 4 is 23.6 Å². The number of hydrogen-bond donors (Lipinski definition) is 0. The van der Waals surface area contributed by atoms with Crippen LogP contribution >= 0.6 is 11.6 Å². The lowest BCUT2D eigenvalue weighted by molar-refractivity contribution is -0.724. The molecule has 0 aliphatic carbocycles. The molecule has 2 heterocycles. The molecule has 1 fully saturated rings. The molecule has 0 spiro atoms. The van der Waals surface area contributed by atoms with Crippen LogP contribution in [0, 0.1) is 19.1 Å². The number of hydrazine groups is 1. The van der Waals surface area contributed by atoms with Gasteiger partial charge in [0, 0.05) is 17.5 Å². The van der Waals surface area contributed by atoms with Crippen LogP contribution in [0.3, 0.4) is 0 Å². The number of carbonyl (C=O) groups excluding carboxylic acids is 1. The highest BCUT2D eigenvalue weighted by Gasteiger charge is 2.49. The Bertz CT molecular complexity index is 915. The Morgan fingerprint density at radius 2 is 2.10 bits per heavy atom. The van der Waals surface area contributed by atoms with E-state index < -0.39 is 30.1 Å². The van der Waals surface area contributed by atoms with E-state index in [0.29, 0.717) is 29.2 Å². The number of ether oxygens (including phenoxy) is 2. The molecular formula is C18H19ClF3N3O5. The SMILES string of the molecule is Cc1cc2c(c(C)c1Cl)C=C(C(=O)OC(C)O/N=[N+](\[O-])N1CCC1)[C@@H](C(F)(F)F)O2. The van der Waals surface area contributed by atoms with Gasteiger partial charge in [0.1, 0.15) is 5.75 Å². The molecule has 3 rings (SSSR count). The molecule has 1 aromatic rings. The maximum atomic E-state index is 13.5. The number of nitrogens with zero attached hydrogens (tertiary/aromatic N) is 3. The summed E-state index contributed by atoms with van der Waals surface area (Å²) >= 11 is 6.17. The van der Waals surface area contributed by atoms with E-state index in [1.54, 1.807) is 13.8 Å². The number of rotatable bonds is 5. The molecule has 8 nitrogen and oxygen atoms in total. The number of hydrogen-bond acceptors (Lipinski definition) is 6. The number of halogens is 4. The fourth-order valence-corrected chi connectivity index (χ4v) is 3.07. The summed E-state index contributed by atoms with van der Waals surface area (Å²) < 4.78 is 50.6. The van der Waals surface area contributed by atoms with Crippen molar-refractivity contribution in [2.75, 3.05) is 13.1 Å². The van der Waals surface area contributed by atoms with Crippen molar-refractivity contribution in [2.45, 2.75) is 45.8 Å². The Morgan fingerprint density at radius 3 is 2.67 bits per heavy atom. The van der Waals surface area contributed by atoms with Crippen LogP contribution in [0.4, 0.5) is 13.2 Å². The zero-order valence-electron chi connectivity index (χ0n) is 16.3. The molecule has 2 atom stereocenters. The van der Waals surface area contributed by atoms with Gasteiger partial charge < -0.3 is 14.7 Å². The molecule has 1 unspecified atom stereocenters. The van der Waals surface area contributed by atoms with E-state index in [0.717, 1.165) is 12.5 Å². The van der Waals surface area contributed by atoms with Gasteiger partial charge >= 0.3 is 12.1 Å². The van der Waals surface area contributed by atoms with Gasteiger partial charge in [-0.05, 0) is 43.5 Å². The van der Waals surface area contributed by atoms with Crippen LogP contribution in [0.5, 0.6) is 5.75 Å². The number of carbonyl (C=O) groups is 1. The molecule has 2 aliphatic heterocycles. The fraction of sp³-hybridized carbons (Fsp3) is 0.500. The first-order valence-corrected chi connectivity index (χ1v) is 9.41. The Kier molecular flexibility index (Phi) is 6.02. The first-order chi connectivity index (χ1) is 14.0. The second kappa shape index (κ2) is 8.21. The molecular weight excluding hydrogens is 431 g/mol. The second-order valence-electron chi connectivity index (χ2n) is 6.90. The van der Waals surface area contributed by atoms with Crippen molar-refractivity contribution in [1.82, 2.24) is 5.01 Å². The van der Waals surface area contributed by atoms with Gasteiger partial charge in [-0.2, -0.15) is 13.2 Å². The minimum Gasteiger partial charge on any atom is -0.569 e. The monoisotopic (exact) mass is 449 g/mol. The van der Waals surface area contributed by atoms with E-state index in [1.807, 2.05) is 0 Å². The Morgan fingerprint density at radius 1 is 1.43 bits per heavy atom. The summed E-state index contributed by atoms with van der Waals surface area (Å²) in [5.41, 5.74) is 0.490. The van der Waals surface area contributed by atoms with Crippen LogP contribution in [0.2, 0.25) is 5.02 Å². The highest BCUT2D eigenvalue weighted by Crippen LogP contribution is 2.41. The molecule has 0 radical (unpaired) electrons. The van der Waals surface area contributed by atoms with Crippen LogP contribution in [0.25, 0.3) is 6.08 Å². The Labute approximate surface area is 175 Å². The fourth-order valence-electron chi connectivity index (χ4n) is 2.91. The molecule has 0 bridgehead atoms. The van der Waals surface area contributed by atoms with E-state index in [1.165, 1.54) is 18.0 Å². The van der Waals surface area contributed by atoms with Crippen molar-refractivity contribution in [2.24, 2.45) is 5.28 Å². The standard InChI is InChI=1S/C18H19ClF3N3O5/c1-9-7-14-12(10(2)15(9)19)8-13(16(29-14)18(20,21)22)17(26)28-11(3)30-23-25(27)24-5-4-6-24/h7-8,11,16H,4-6H2,1-3H3/b25-23-/t11?,16-/m0/s1. The van der Waals surface area contributed by atoms with Crippen molar-refractivity contribution in [3.8, 4) is 5.75 Å². The first-order valence-electron chi connectivity index (χ1n) is 9.03. The summed E-state index contributed by atoms with van der Waals surface area (Å²) in [6.45, 7) is 5.47. The van der Waals surface area contributed by atoms with Gasteiger partial charge in [-0.15, -0.1) is 5.01 Å². The quantitative estimate of drug-likeness (QED) is 0.221. The number of aryl methyl sites for hydroxylation is 1. The van der Waals surface area contributed by atoms with Gasteiger partial charge in [0.2, 0.25) is 11.4 Å². The lowest BCUT2D eigenvalue weighted by Crippen LogP contribution is -2.42. The second-order valence-corrected chi connectivity index (χ2v) is 7.28. The summed E-state index contributed by atoms with van der Waals surface area (Å²) in [6.07, 6.45) is -6.94.